The summed E-state index contributed by atoms with van der Waals surface area (Å²) in [5, 5.41) is 7.19. The smallest absolute Gasteiger partial charge is 0.246 e. The van der Waals surface area contributed by atoms with E-state index in [1.165, 1.54) is 0 Å². The average Bonchev–Trinajstić information content (AvgIpc) is 2.75. The molecule has 1 aliphatic heterocycles. The molecule has 6 nitrogen and oxygen atoms in total. The van der Waals surface area contributed by atoms with Gasteiger partial charge < -0.3 is 15.8 Å². The molecule has 116 valence electrons. The van der Waals surface area contributed by atoms with Gasteiger partial charge in [0.05, 0.1) is 11.8 Å². The van der Waals surface area contributed by atoms with Crippen molar-refractivity contribution in [2.24, 2.45) is 24.1 Å². The van der Waals surface area contributed by atoms with Crippen molar-refractivity contribution in [2.45, 2.75) is 45.3 Å². The minimum Gasteiger partial charge on any atom is -0.377 e. The second-order valence-corrected chi connectivity index (χ2v) is 6.88. The molecule has 21 heavy (non-hydrogen) atoms. The molecule has 0 bridgehead atoms. The van der Waals surface area contributed by atoms with Gasteiger partial charge in [-0.05, 0) is 19.8 Å². The van der Waals surface area contributed by atoms with Gasteiger partial charge in [-0.2, -0.15) is 5.10 Å². The van der Waals surface area contributed by atoms with Crippen LogP contribution in [0.2, 0.25) is 0 Å². The van der Waals surface area contributed by atoms with E-state index in [0.717, 1.165) is 25.1 Å². The van der Waals surface area contributed by atoms with E-state index in [1.54, 1.807) is 4.68 Å². The molecular formula is C15H24N4O2. The highest BCUT2D eigenvalue weighted by Crippen LogP contribution is 2.57. The third-order valence-electron chi connectivity index (χ3n) is 5.30. The first kappa shape index (κ1) is 14.5. The Balaban J connectivity index is 1.84. The largest absolute Gasteiger partial charge is 0.377 e. The summed E-state index contributed by atoms with van der Waals surface area (Å²) in [7, 11) is 1.81. The molecule has 3 rings (SSSR count). The first-order valence-electron chi connectivity index (χ1n) is 7.51. The summed E-state index contributed by atoms with van der Waals surface area (Å²) in [6.45, 7) is 6.70. The van der Waals surface area contributed by atoms with Gasteiger partial charge in [0.25, 0.3) is 0 Å². The van der Waals surface area contributed by atoms with Crippen LogP contribution in [0, 0.1) is 18.3 Å². The van der Waals surface area contributed by atoms with Crippen molar-refractivity contribution in [1.29, 1.82) is 0 Å². The van der Waals surface area contributed by atoms with Crippen LogP contribution in [-0.4, -0.2) is 33.9 Å². The van der Waals surface area contributed by atoms with Gasteiger partial charge in [0.15, 0.2) is 0 Å². The highest BCUT2D eigenvalue weighted by Gasteiger charge is 2.70. The molecule has 1 saturated heterocycles. The standard InChI is InChI=1S/C15H24N4O2/c1-9-8-11(19(4)18-9)17-13(20)15(16)10-6-5-7-21-12(10)14(15,2)3/h8,10,12H,5-7,16H2,1-4H3,(H,17,20). The van der Waals surface area contributed by atoms with E-state index in [4.69, 9.17) is 10.5 Å². The zero-order valence-electron chi connectivity index (χ0n) is 13.1. The van der Waals surface area contributed by atoms with Crippen molar-refractivity contribution in [3.05, 3.63) is 11.8 Å². The molecular weight excluding hydrogens is 268 g/mol. The fourth-order valence-electron chi connectivity index (χ4n) is 3.98. The summed E-state index contributed by atoms with van der Waals surface area (Å²) in [5.74, 6) is 0.635. The van der Waals surface area contributed by atoms with Crippen LogP contribution >= 0.6 is 0 Å². The number of anilines is 1. The molecule has 6 heteroatoms. The fraction of sp³-hybridized carbons (Fsp3) is 0.733. The number of rotatable bonds is 2. The number of carbonyl (C=O) groups excluding carboxylic acids is 1. The van der Waals surface area contributed by atoms with E-state index in [-0.39, 0.29) is 23.3 Å². The molecule has 2 fully saturated rings. The van der Waals surface area contributed by atoms with Gasteiger partial charge in [-0.15, -0.1) is 0 Å². The highest BCUT2D eigenvalue weighted by molar-refractivity contribution is 5.99. The summed E-state index contributed by atoms with van der Waals surface area (Å²) in [6.07, 6.45) is 1.99. The van der Waals surface area contributed by atoms with Crippen LogP contribution in [0.15, 0.2) is 6.07 Å². The number of hydrogen-bond donors (Lipinski definition) is 2. The Hall–Kier alpha value is -1.40. The van der Waals surface area contributed by atoms with Gasteiger partial charge in [-0.3, -0.25) is 9.48 Å². The first-order valence-corrected chi connectivity index (χ1v) is 7.51. The van der Waals surface area contributed by atoms with Gasteiger partial charge in [0, 0.05) is 31.1 Å². The molecule has 2 heterocycles. The SMILES string of the molecule is Cc1cc(NC(=O)C2(N)C3CCCOC3C2(C)C)n(C)n1. The van der Waals surface area contributed by atoms with E-state index in [1.807, 2.05) is 33.9 Å². The van der Waals surface area contributed by atoms with Crippen LogP contribution in [0.25, 0.3) is 0 Å². The number of aryl methyl sites for hydroxylation is 2. The van der Waals surface area contributed by atoms with E-state index in [0.29, 0.717) is 5.82 Å². The van der Waals surface area contributed by atoms with Crippen LogP contribution in [0.3, 0.4) is 0 Å². The van der Waals surface area contributed by atoms with Gasteiger partial charge >= 0.3 is 0 Å². The number of nitrogens with two attached hydrogens (primary N) is 1. The molecule has 0 spiro atoms. The second-order valence-electron chi connectivity index (χ2n) is 6.88. The van der Waals surface area contributed by atoms with Crippen molar-refractivity contribution in [2.75, 3.05) is 11.9 Å². The lowest BCUT2D eigenvalue weighted by Gasteiger charge is -2.65. The molecule has 1 amide bonds. The van der Waals surface area contributed by atoms with Gasteiger partial charge in [-0.1, -0.05) is 13.8 Å². The molecule has 1 aliphatic carbocycles. The number of hydrogen-bond acceptors (Lipinski definition) is 4. The zero-order valence-corrected chi connectivity index (χ0v) is 13.1. The maximum atomic E-state index is 12.8. The molecule has 3 N–H and O–H groups in total. The summed E-state index contributed by atoms with van der Waals surface area (Å²) in [5.41, 5.74) is 6.17. The van der Waals surface area contributed by atoms with Crippen LogP contribution in [-0.2, 0) is 16.6 Å². The number of carbonyl (C=O) groups is 1. The van der Waals surface area contributed by atoms with Crippen molar-refractivity contribution >= 4 is 11.7 Å². The lowest BCUT2D eigenvalue weighted by atomic mass is 9.46. The molecule has 1 saturated carbocycles. The summed E-state index contributed by atoms with van der Waals surface area (Å²) in [6, 6.07) is 1.85. The van der Waals surface area contributed by atoms with Crippen LogP contribution < -0.4 is 11.1 Å². The molecule has 0 aromatic carbocycles. The molecule has 2 aliphatic rings. The third kappa shape index (κ3) is 1.85. The molecule has 0 radical (unpaired) electrons. The topological polar surface area (TPSA) is 82.2 Å². The number of ether oxygens (including phenoxy) is 1. The van der Waals surface area contributed by atoms with Crippen molar-refractivity contribution in [3.63, 3.8) is 0 Å². The van der Waals surface area contributed by atoms with E-state index < -0.39 is 5.54 Å². The average molecular weight is 292 g/mol. The van der Waals surface area contributed by atoms with Gasteiger partial charge in [0.2, 0.25) is 5.91 Å². The van der Waals surface area contributed by atoms with Crippen molar-refractivity contribution in [1.82, 2.24) is 9.78 Å². The second kappa shape index (κ2) is 4.55. The Morgan fingerprint density at radius 3 is 2.90 bits per heavy atom. The van der Waals surface area contributed by atoms with E-state index in [2.05, 4.69) is 10.4 Å². The third-order valence-corrected chi connectivity index (χ3v) is 5.30. The van der Waals surface area contributed by atoms with Gasteiger partial charge in [-0.25, -0.2) is 0 Å². The number of nitrogens with one attached hydrogen (secondary N) is 1. The van der Waals surface area contributed by atoms with Crippen LogP contribution in [0.5, 0.6) is 0 Å². The Morgan fingerprint density at radius 2 is 2.29 bits per heavy atom. The normalized spacial score (nSPS) is 34.0. The first-order chi connectivity index (χ1) is 9.78. The lowest BCUT2D eigenvalue weighted by molar-refractivity contribution is -0.222. The van der Waals surface area contributed by atoms with E-state index >= 15 is 0 Å². The summed E-state index contributed by atoms with van der Waals surface area (Å²) in [4.78, 5) is 12.8. The van der Waals surface area contributed by atoms with Gasteiger partial charge in [0.1, 0.15) is 11.4 Å². The molecule has 3 unspecified atom stereocenters. The molecule has 1 aromatic heterocycles. The van der Waals surface area contributed by atoms with Crippen LogP contribution in [0.4, 0.5) is 5.82 Å². The summed E-state index contributed by atoms with van der Waals surface area (Å²) < 4.78 is 7.50. The Bertz CT molecular complexity index is 580. The Kier molecular flexibility index (Phi) is 3.15. The monoisotopic (exact) mass is 292 g/mol. The van der Waals surface area contributed by atoms with Crippen molar-refractivity contribution < 1.29 is 9.53 Å². The quantitative estimate of drug-likeness (QED) is 0.858. The number of fused-ring (bicyclic) bond motifs is 1. The van der Waals surface area contributed by atoms with Crippen LogP contribution in [0.1, 0.15) is 32.4 Å². The predicted octanol–water partition coefficient (Wildman–Crippen LogP) is 1.20. The lowest BCUT2D eigenvalue weighted by Crippen LogP contribution is -2.81. The van der Waals surface area contributed by atoms with Crippen molar-refractivity contribution in [3.8, 4) is 0 Å². The highest BCUT2D eigenvalue weighted by atomic mass is 16.5. The number of nitrogens with zero attached hydrogens (tertiary/aromatic N) is 2. The zero-order chi connectivity index (χ0) is 15.4. The Labute approximate surface area is 125 Å². The number of amides is 1. The predicted molar refractivity (Wildman–Crippen MR) is 79.7 cm³/mol. The minimum atomic E-state index is -0.893. The maximum absolute atomic E-state index is 12.8. The van der Waals surface area contributed by atoms with E-state index in [9.17, 15) is 4.79 Å². The fourth-order valence-corrected chi connectivity index (χ4v) is 3.98. The molecule has 3 atom stereocenters. The minimum absolute atomic E-state index is 0.0790. The summed E-state index contributed by atoms with van der Waals surface area (Å²) >= 11 is 0. The Morgan fingerprint density at radius 1 is 1.57 bits per heavy atom. The maximum Gasteiger partial charge on any atom is 0.246 e. The molecule has 1 aromatic rings. The number of aromatic nitrogens is 2.